The highest BCUT2D eigenvalue weighted by molar-refractivity contribution is 9.10. The average Bonchev–Trinajstić information content (AvgIpc) is 2.40. The van der Waals surface area contributed by atoms with Crippen LogP contribution in [0.1, 0.15) is 42.5 Å². The fourth-order valence-corrected chi connectivity index (χ4v) is 2.18. The molecule has 1 rings (SSSR count). The van der Waals surface area contributed by atoms with Crippen molar-refractivity contribution in [2.75, 3.05) is 6.54 Å². The number of rotatable bonds is 8. The summed E-state index contributed by atoms with van der Waals surface area (Å²) in [5, 5.41) is 11.2. The van der Waals surface area contributed by atoms with Crippen molar-refractivity contribution in [2.45, 2.75) is 32.1 Å². The van der Waals surface area contributed by atoms with Gasteiger partial charge in [0.15, 0.2) is 0 Å². The third kappa shape index (κ3) is 5.69. The fraction of sp³-hybridized carbons (Fsp3) is 0.429. The van der Waals surface area contributed by atoms with Crippen molar-refractivity contribution in [3.05, 3.63) is 34.1 Å². The lowest BCUT2D eigenvalue weighted by molar-refractivity contribution is -0.137. The minimum atomic E-state index is -0.783. The van der Waals surface area contributed by atoms with Crippen LogP contribution in [0.4, 0.5) is 4.39 Å². The molecule has 0 aromatic heterocycles. The molecule has 110 valence electrons. The van der Waals surface area contributed by atoms with E-state index in [9.17, 15) is 14.0 Å². The Morgan fingerprint density at radius 1 is 1.20 bits per heavy atom. The lowest BCUT2D eigenvalue weighted by Gasteiger charge is -2.07. The molecule has 0 bridgehead atoms. The molecule has 0 aliphatic carbocycles. The number of halogens is 2. The molecule has 0 atom stereocenters. The van der Waals surface area contributed by atoms with Gasteiger partial charge in [-0.15, -0.1) is 0 Å². The number of carbonyl (C=O) groups is 2. The van der Waals surface area contributed by atoms with Crippen molar-refractivity contribution in [2.24, 2.45) is 0 Å². The van der Waals surface area contributed by atoms with Crippen LogP contribution in [-0.2, 0) is 4.79 Å². The van der Waals surface area contributed by atoms with Crippen LogP contribution in [0, 0.1) is 5.82 Å². The molecular weight excluding hydrogens is 329 g/mol. The Hall–Kier alpha value is -1.43. The molecule has 6 heteroatoms. The zero-order valence-electron chi connectivity index (χ0n) is 11.0. The second-order valence-corrected chi connectivity index (χ2v) is 5.21. The first-order valence-corrected chi connectivity index (χ1v) is 7.25. The first-order chi connectivity index (χ1) is 9.52. The molecule has 20 heavy (non-hydrogen) atoms. The van der Waals surface area contributed by atoms with Crippen molar-refractivity contribution in [3.8, 4) is 0 Å². The lowest BCUT2D eigenvalue weighted by Crippen LogP contribution is -2.25. The van der Waals surface area contributed by atoms with Gasteiger partial charge >= 0.3 is 5.97 Å². The number of hydrogen-bond donors (Lipinski definition) is 2. The molecule has 1 aromatic rings. The molecule has 4 nitrogen and oxygen atoms in total. The minimum Gasteiger partial charge on any atom is -0.481 e. The van der Waals surface area contributed by atoms with Gasteiger partial charge in [-0.1, -0.05) is 18.9 Å². The molecule has 0 unspecified atom stereocenters. The number of amides is 1. The highest BCUT2D eigenvalue weighted by Crippen LogP contribution is 2.20. The fourth-order valence-electron chi connectivity index (χ4n) is 1.73. The van der Waals surface area contributed by atoms with Gasteiger partial charge in [-0.3, -0.25) is 9.59 Å². The molecule has 0 saturated carbocycles. The van der Waals surface area contributed by atoms with E-state index in [0.717, 1.165) is 19.3 Å². The summed E-state index contributed by atoms with van der Waals surface area (Å²) in [6, 6.07) is 4.32. The normalized spacial score (nSPS) is 10.3. The van der Waals surface area contributed by atoms with Gasteiger partial charge in [-0.05, 0) is 40.9 Å². The van der Waals surface area contributed by atoms with Crippen molar-refractivity contribution >= 4 is 27.8 Å². The molecule has 0 saturated heterocycles. The van der Waals surface area contributed by atoms with E-state index in [1.54, 1.807) is 6.07 Å². The van der Waals surface area contributed by atoms with E-state index in [0.29, 0.717) is 13.0 Å². The monoisotopic (exact) mass is 345 g/mol. The Morgan fingerprint density at radius 2 is 1.90 bits per heavy atom. The van der Waals surface area contributed by atoms with Gasteiger partial charge in [0.2, 0.25) is 0 Å². The average molecular weight is 346 g/mol. The molecule has 0 aliphatic heterocycles. The molecule has 0 fully saturated rings. The van der Waals surface area contributed by atoms with Crippen LogP contribution in [0.2, 0.25) is 0 Å². The molecule has 1 aromatic carbocycles. The summed E-state index contributed by atoms with van der Waals surface area (Å²) in [6.07, 6.45) is 3.29. The van der Waals surface area contributed by atoms with Gasteiger partial charge in [0.25, 0.3) is 5.91 Å². The third-order valence-corrected chi connectivity index (χ3v) is 3.61. The summed E-state index contributed by atoms with van der Waals surface area (Å²) >= 11 is 3.05. The highest BCUT2D eigenvalue weighted by Gasteiger charge is 2.12. The first-order valence-electron chi connectivity index (χ1n) is 6.46. The number of carboxylic acids is 1. The van der Waals surface area contributed by atoms with Gasteiger partial charge in [-0.25, -0.2) is 4.39 Å². The van der Waals surface area contributed by atoms with Crippen LogP contribution < -0.4 is 5.32 Å². The van der Waals surface area contributed by atoms with E-state index in [2.05, 4.69) is 21.2 Å². The maximum Gasteiger partial charge on any atom is 0.303 e. The van der Waals surface area contributed by atoms with Crippen LogP contribution in [0.5, 0.6) is 0 Å². The smallest absolute Gasteiger partial charge is 0.303 e. The summed E-state index contributed by atoms with van der Waals surface area (Å²) in [7, 11) is 0. The van der Waals surface area contributed by atoms with Crippen LogP contribution in [0.3, 0.4) is 0 Å². The summed E-state index contributed by atoms with van der Waals surface area (Å²) in [5.74, 6) is -1.57. The summed E-state index contributed by atoms with van der Waals surface area (Å²) in [6.45, 7) is 0.495. The second-order valence-electron chi connectivity index (χ2n) is 4.42. The number of benzene rings is 1. The first kappa shape index (κ1) is 16.6. The Morgan fingerprint density at radius 3 is 2.60 bits per heavy atom. The van der Waals surface area contributed by atoms with E-state index in [1.165, 1.54) is 12.1 Å². The Balaban J connectivity index is 2.24. The Bertz CT molecular complexity index is 479. The SMILES string of the molecule is O=C(O)CCCCCCNC(=O)c1cccc(F)c1Br. The zero-order valence-corrected chi connectivity index (χ0v) is 12.6. The zero-order chi connectivity index (χ0) is 15.0. The molecule has 2 N–H and O–H groups in total. The van der Waals surface area contributed by atoms with Crippen molar-refractivity contribution in [1.29, 1.82) is 0 Å². The molecule has 0 spiro atoms. The molecule has 0 heterocycles. The number of carboxylic acid groups (broad SMARTS) is 1. The van der Waals surface area contributed by atoms with Crippen molar-refractivity contribution in [1.82, 2.24) is 5.32 Å². The largest absolute Gasteiger partial charge is 0.481 e. The number of hydrogen-bond acceptors (Lipinski definition) is 2. The number of aliphatic carboxylic acids is 1. The predicted molar refractivity (Wildman–Crippen MR) is 77.2 cm³/mol. The van der Waals surface area contributed by atoms with Crippen LogP contribution in [-0.4, -0.2) is 23.5 Å². The maximum atomic E-state index is 13.3. The molecular formula is C14H17BrFNO3. The van der Waals surface area contributed by atoms with E-state index in [4.69, 9.17) is 5.11 Å². The Kier molecular flexibility index (Phi) is 7.22. The van der Waals surface area contributed by atoms with Gasteiger partial charge < -0.3 is 10.4 Å². The van der Waals surface area contributed by atoms with Crippen molar-refractivity contribution in [3.63, 3.8) is 0 Å². The summed E-state index contributed by atoms with van der Waals surface area (Å²) in [4.78, 5) is 22.1. The van der Waals surface area contributed by atoms with Gasteiger partial charge in [0.1, 0.15) is 5.82 Å². The topological polar surface area (TPSA) is 66.4 Å². The second kappa shape index (κ2) is 8.68. The number of carbonyl (C=O) groups excluding carboxylic acids is 1. The lowest BCUT2D eigenvalue weighted by atomic mass is 10.1. The number of unbranched alkanes of at least 4 members (excludes halogenated alkanes) is 3. The van der Waals surface area contributed by atoms with E-state index in [-0.39, 0.29) is 22.4 Å². The van der Waals surface area contributed by atoms with Gasteiger partial charge in [0, 0.05) is 13.0 Å². The standard InChI is InChI=1S/C14H17BrFNO3/c15-13-10(6-5-7-11(13)16)14(20)17-9-4-2-1-3-8-12(18)19/h5-7H,1-4,8-9H2,(H,17,20)(H,18,19). The maximum absolute atomic E-state index is 13.3. The van der Waals surface area contributed by atoms with Crippen LogP contribution in [0.15, 0.2) is 22.7 Å². The summed E-state index contributed by atoms with van der Waals surface area (Å²) in [5.41, 5.74) is 0.274. The molecule has 0 radical (unpaired) electrons. The minimum absolute atomic E-state index is 0.166. The van der Waals surface area contributed by atoms with Gasteiger partial charge in [-0.2, -0.15) is 0 Å². The van der Waals surface area contributed by atoms with E-state index in [1.807, 2.05) is 0 Å². The third-order valence-electron chi connectivity index (χ3n) is 2.80. The van der Waals surface area contributed by atoms with E-state index >= 15 is 0 Å². The highest BCUT2D eigenvalue weighted by atomic mass is 79.9. The Labute approximate surface area is 125 Å². The molecule has 0 aliphatic rings. The van der Waals surface area contributed by atoms with Crippen LogP contribution in [0.25, 0.3) is 0 Å². The van der Waals surface area contributed by atoms with Gasteiger partial charge in [0.05, 0.1) is 10.0 Å². The predicted octanol–water partition coefficient (Wildman–Crippen LogP) is 3.35. The molecule has 1 amide bonds. The van der Waals surface area contributed by atoms with Crippen molar-refractivity contribution < 1.29 is 19.1 Å². The quantitative estimate of drug-likeness (QED) is 0.710. The number of nitrogens with one attached hydrogen (secondary N) is 1. The van der Waals surface area contributed by atoms with Crippen LogP contribution >= 0.6 is 15.9 Å². The van der Waals surface area contributed by atoms with E-state index < -0.39 is 11.8 Å². The summed E-state index contributed by atoms with van der Waals surface area (Å²) < 4.78 is 13.4.